The molecule has 0 unspecified atom stereocenters. The molecule has 0 bridgehead atoms. The van der Waals surface area contributed by atoms with Crippen LogP contribution in [0.3, 0.4) is 0 Å². The highest BCUT2D eigenvalue weighted by molar-refractivity contribution is 7.99. The molecule has 5 nitrogen and oxygen atoms in total. The standard InChI is InChI=1S/C20H21NO4S2/c1-14(21-25-15(2)22)20(23)16-4-8-18(9-5-16)27-19-10-6-17(7-11-19)24-12-13-26-3/h4-11H,12-13H2,1-3H3/b21-14+. The lowest BCUT2D eigenvalue weighted by molar-refractivity contribution is -0.140. The molecule has 0 aliphatic heterocycles. The smallest absolute Gasteiger partial charge is 0.331 e. The number of ketones is 1. The van der Waals surface area contributed by atoms with E-state index < -0.39 is 5.97 Å². The van der Waals surface area contributed by atoms with Crippen LogP contribution >= 0.6 is 23.5 Å². The zero-order valence-electron chi connectivity index (χ0n) is 15.4. The number of ether oxygens (including phenoxy) is 1. The Labute approximate surface area is 167 Å². The molecule has 0 amide bonds. The van der Waals surface area contributed by atoms with E-state index in [0.29, 0.717) is 12.2 Å². The Morgan fingerprint density at radius 3 is 2.11 bits per heavy atom. The molecule has 0 N–H and O–H groups in total. The molecular formula is C20H21NO4S2. The van der Waals surface area contributed by atoms with Gasteiger partial charge in [-0.3, -0.25) is 4.79 Å². The first kappa shape index (κ1) is 21.1. The molecule has 0 radical (unpaired) electrons. The maximum Gasteiger partial charge on any atom is 0.331 e. The number of rotatable bonds is 9. The van der Waals surface area contributed by atoms with E-state index in [1.54, 1.807) is 35.7 Å². The third kappa shape index (κ3) is 7.11. The summed E-state index contributed by atoms with van der Waals surface area (Å²) in [7, 11) is 0. The molecule has 2 rings (SSSR count). The van der Waals surface area contributed by atoms with E-state index in [1.165, 1.54) is 13.8 Å². The van der Waals surface area contributed by atoms with Crippen LogP contribution in [0.1, 0.15) is 24.2 Å². The van der Waals surface area contributed by atoms with Gasteiger partial charge in [0.25, 0.3) is 0 Å². The first-order chi connectivity index (χ1) is 13.0. The quantitative estimate of drug-likeness (QED) is 0.199. The minimum atomic E-state index is -0.561. The van der Waals surface area contributed by atoms with Crippen LogP contribution in [-0.2, 0) is 9.63 Å². The Kier molecular flexibility index (Phi) is 8.42. The van der Waals surface area contributed by atoms with Gasteiger partial charge in [0.1, 0.15) is 11.5 Å². The fourth-order valence-corrected chi connectivity index (χ4v) is 3.11. The van der Waals surface area contributed by atoms with Gasteiger partial charge in [0.15, 0.2) is 0 Å². The molecule has 0 spiro atoms. The topological polar surface area (TPSA) is 65.0 Å². The van der Waals surface area contributed by atoms with Crippen LogP contribution in [0.25, 0.3) is 0 Å². The third-order valence-electron chi connectivity index (χ3n) is 3.37. The summed E-state index contributed by atoms with van der Waals surface area (Å²) in [5.41, 5.74) is 0.618. The summed E-state index contributed by atoms with van der Waals surface area (Å²) in [5.74, 6) is 0.984. The molecule has 0 saturated carbocycles. The van der Waals surface area contributed by atoms with Gasteiger partial charge < -0.3 is 9.57 Å². The molecule has 0 aliphatic carbocycles. The zero-order chi connectivity index (χ0) is 19.6. The van der Waals surface area contributed by atoms with Gasteiger partial charge in [0.2, 0.25) is 5.78 Å². The van der Waals surface area contributed by atoms with Crippen molar-refractivity contribution in [3.63, 3.8) is 0 Å². The predicted octanol–water partition coefficient (Wildman–Crippen LogP) is 4.70. The van der Waals surface area contributed by atoms with Crippen LogP contribution in [-0.4, -0.2) is 36.1 Å². The molecule has 0 saturated heterocycles. The van der Waals surface area contributed by atoms with Crippen LogP contribution in [0.5, 0.6) is 5.75 Å². The largest absolute Gasteiger partial charge is 0.493 e. The molecule has 0 fully saturated rings. The normalized spacial score (nSPS) is 11.1. The molecule has 7 heteroatoms. The fraction of sp³-hybridized carbons (Fsp3) is 0.250. The van der Waals surface area contributed by atoms with E-state index in [0.717, 1.165) is 21.3 Å². The summed E-state index contributed by atoms with van der Waals surface area (Å²) in [5, 5.41) is 3.52. The number of thioether (sulfide) groups is 1. The second-order valence-electron chi connectivity index (χ2n) is 5.53. The zero-order valence-corrected chi connectivity index (χ0v) is 17.1. The van der Waals surface area contributed by atoms with Crippen molar-refractivity contribution in [3.05, 3.63) is 54.1 Å². The van der Waals surface area contributed by atoms with E-state index in [2.05, 4.69) is 16.2 Å². The van der Waals surface area contributed by atoms with Crippen molar-refractivity contribution >= 4 is 41.0 Å². The van der Waals surface area contributed by atoms with E-state index in [9.17, 15) is 9.59 Å². The first-order valence-corrected chi connectivity index (χ1v) is 10.5. The summed E-state index contributed by atoms with van der Waals surface area (Å²) < 4.78 is 5.64. The molecule has 0 heterocycles. The van der Waals surface area contributed by atoms with E-state index in [1.807, 2.05) is 36.4 Å². The molecular weight excluding hydrogens is 382 g/mol. The Hall–Kier alpha value is -2.25. The highest BCUT2D eigenvalue weighted by Gasteiger charge is 2.11. The molecule has 27 heavy (non-hydrogen) atoms. The highest BCUT2D eigenvalue weighted by atomic mass is 32.2. The molecule has 0 aromatic heterocycles. The molecule has 2 aromatic carbocycles. The van der Waals surface area contributed by atoms with E-state index >= 15 is 0 Å². The minimum Gasteiger partial charge on any atom is -0.493 e. The Morgan fingerprint density at radius 2 is 1.56 bits per heavy atom. The van der Waals surface area contributed by atoms with E-state index in [4.69, 9.17) is 4.74 Å². The SMILES string of the molecule is CSCCOc1ccc(Sc2ccc(C(=O)/C(C)=N/OC(C)=O)cc2)cc1. The molecule has 2 aromatic rings. The summed E-state index contributed by atoms with van der Waals surface area (Å²) in [6.45, 7) is 3.44. The van der Waals surface area contributed by atoms with Crippen LogP contribution < -0.4 is 4.74 Å². The molecule has 0 aliphatic rings. The van der Waals surface area contributed by atoms with Gasteiger partial charge in [-0.15, -0.1) is 0 Å². The fourth-order valence-electron chi connectivity index (χ4n) is 2.04. The second kappa shape index (κ2) is 10.8. The first-order valence-electron chi connectivity index (χ1n) is 8.26. The number of carbonyl (C=O) groups excluding carboxylic acids is 2. The van der Waals surface area contributed by atoms with Crippen LogP contribution in [0.2, 0.25) is 0 Å². The Balaban J connectivity index is 1.96. The van der Waals surface area contributed by atoms with E-state index in [-0.39, 0.29) is 11.5 Å². The van der Waals surface area contributed by atoms with Crippen molar-refractivity contribution in [2.24, 2.45) is 5.16 Å². The van der Waals surface area contributed by atoms with Gasteiger partial charge in [-0.05, 0) is 61.7 Å². The van der Waals surface area contributed by atoms with Gasteiger partial charge in [-0.25, -0.2) is 4.79 Å². The van der Waals surface area contributed by atoms with Crippen LogP contribution in [0, 0.1) is 0 Å². The average Bonchev–Trinajstić information content (AvgIpc) is 2.67. The molecule has 142 valence electrons. The minimum absolute atomic E-state index is 0.127. The van der Waals surface area contributed by atoms with Crippen molar-refractivity contribution < 1.29 is 19.2 Å². The predicted molar refractivity (Wildman–Crippen MR) is 110 cm³/mol. The van der Waals surface area contributed by atoms with Crippen molar-refractivity contribution in [1.82, 2.24) is 0 Å². The van der Waals surface area contributed by atoms with Gasteiger partial charge in [-0.1, -0.05) is 16.9 Å². The number of carbonyl (C=O) groups is 2. The number of oxime groups is 1. The monoisotopic (exact) mass is 403 g/mol. The number of benzene rings is 2. The summed E-state index contributed by atoms with van der Waals surface area (Å²) in [4.78, 5) is 29.6. The summed E-state index contributed by atoms with van der Waals surface area (Å²) in [6.07, 6.45) is 2.05. The van der Waals surface area contributed by atoms with Crippen molar-refractivity contribution in [2.75, 3.05) is 18.6 Å². The van der Waals surface area contributed by atoms with Crippen molar-refractivity contribution in [1.29, 1.82) is 0 Å². The van der Waals surface area contributed by atoms with Gasteiger partial charge >= 0.3 is 5.97 Å². The maximum absolute atomic E-state index is 12.2. The average molecular weight is 404 g/mol. The number of Topliss-reactive ketones (excluding diaryl/α,β-unsaturated/α-hetero) is 1. The second-order valence-corrected chi connectivity index (χ2v) is 7.66. The lowest BCUT2D eigenvalue weighted by Crippen LogP contribution is -2.11. The number of nitrogens with zero attached hydrogens (tertiary/aromatic N) is 1. The maximum atomic E-state index is 12.2. The lowest BCUT2D eigenvalue weighted by Gasteiger charge is -2.07. The lowest BCUT2D eigenvalue weighted by atomic mass is 10.1. The summed E-state index contributed by atoms with van der Waals surface area (Å²) >= 11 is 3.35. The van der Waals surface area contributed by atoms with Gasteiger partial charge in [-0.2, -0.15) is 11.8 Å². The third-order valence-corrected chi connectivity index (χ3v) is 4.96. The highest BCUT2D eigenvalue weighted by Crippen LogP contribution is 2.29. The van der Waals surface area contributed by atoms with Gasteiger partial charge in [0.05, 0.1) is 6.61 Å². The number of hydrogen-bond acceptors (Lipinski definition) is 7. The van der Waals surface area contributed by atoms with Crippen LogP contribution in [0.4, 0.5) is 0 Å². The van der Waals surface area contributed by atoms with Crippen molar-refractivity contribution in [3.8, 4) is 5.75 Å². The van der Waals surface area contributed by atoms with Crippen LogP contribution in [0.15, 0.2) is 63.5 Å². The number of hydrogen-bond donors (Lipinski definition) is 0. The molecule has 0 atom stereocenters. The van der Waals surface area contributed by atoms with Gasteiger partial charge in [0, 0.05) is 28.0 Å². The summed E-state index contributed by atoms with van der Waals surface area (Å²) in [6, 6.07) is 15.1. The Morgan fingerprint density at radius 1 is 0.963 bits per heavy atom. The Bertz CT molecular complexity index is 802. The van der Waals surface area contributed by atoms with Crippen molar-refractivity contribution in [2.45, 2.75) is 23.6 Å².